The lowest BCUT2D eigenvalue weighted by atomic mass is 9.98. The average molecular weight is 330 g/mol. The summed E-state index contributed by atoms with van der Waals surface area (Å²) in [6.45, 7) is 2.33. The molecule has 3 rings (SSSR count). The fourth-order valence-electron chi connectivity index (χ4n) is 2.63. The lowest BCUT2D eigenvalue weighted by Gasteiger charge is -2.13. The number of hydrogen-bond acceptors (Lipinski definition) is 4. The lowest BCUT2D eigenvalue weighted by molar-refractivity contribution is 0.326. The standard InChI is InChI=1S/C21H18N2O2/c1-3-25-21-19(14-22)18(15-9-11-17(24-2)12-10-15)13-20(23-21)16-7-5-4-6-8-16/h4-13H,3H2,1-2H3. The highest BCUT2D eigenvalue weighted by Gasteiger charge is 2.16. The smallest absolute Gasteiger partial charge is 0.232 e. The second-order valence-corrected chi connectivity index (χ2v) is 5.37. The summed E-state index contributed by atoms with van der Waals surface area (Å²) in [7, 11) is 1.63. The highest BCUT2D eigenvalue weighted by molar-refractivity contribution is 5.78. The molecule has 1 aromatic heterocycles. The number of methoxy groups -OCH3 is 1. The molecule has 4 heteroatoms. The van der Waals surface area contributed by atoms with Crippen molar-refractivity contribution in [1.82, 2.24) is 4.98 Å². The molecular weight excluding hydrogens is 312 g/mol. The van der Waals surface area contributed by atoms with E-state index in [2.05, 4.69) is 11.1 Å². The van der Waals surface area contributed by atoms with E-state index in [1.54, 1.807) is 7.11 Å². The lowest BCUT2D eigenvalue weighted by Crippen LogP contribution is -2.01. The molecule has 2 aromatic carbocycles. The zero-order chi connectivity index (χ0) is 17.6. The van der Waals surface area contributed by atoms with Crippen LogP contribution in [0.3, 0.4) is 0 Å². The van der Waals surface area contributed by atoms with Gasteiger partial charge in [0.05, 0.1) is 19.4 Å². The van der Waals surface area contributed by atoms with Crippen LogP contribution in [-0.4, -0.2) is 18.7 Å². The van der Waals surface area contributed by atoms with Crippen molar-refractivity contribution < 1.29 is 9.47 Å². The van der Waals surface area contributed by atoms with Gasteiger partial charge in [0.1, 0.15) is 17.4 Å². The Bertz CT molecular complexity index is 898. The molecule has 0 saturated heterocycles. The first-order valence-electron chi connectivity index (χ1n) is 8.04. The maximum Gasteiger partial charge on any atom is 0.232 e. The maximum atomic E-state index is 9.65. The topological polar surface area (TPSA) is 55.1 Å². The summed E-state index contributed by atoms with van der Waals surface area (Å²) < 4.78 is 10.9. The molecular formula is C21H18N2O2. The minimum absolute atomic E-state index is 0.358. The van der Waals surface area contributed by atoms with Crippen molar-refractivity contribution in [2.24, 2.45) is 0 Å². The molecule has 0 aliphatic rings. The fraction of sp³-hybridized carbons (Fsp3) is 0.143. The fourth-order valence-corrected chi connectivity index (χ4v) is 2.63. The second kappa shape index (κ2) is 7.50. The first kappa shape index (κ1) is 16.5. The number of hydrogen-bond donors (Lipinski definition) is 0. The van der Waals surface area contributed by atoms with E-state index in [0.29, 0.717) is 18.1 Å². The van der Waals surface area contributed by atoms with E-state index in [0.717, 1.165) is 28.1 Å². The molecule has 0 amide bonds. The number of nitrogens with zero attached hydrogens (tertiary/aromatic N) is 2. The van der Waals surface area contributed by atoms with Gasteiger partial charge in [-0.1, -0.05) is 42.5 Å². The third-order valence-electron chi connectivity index (χ3n) is 3.85. The van der Waals surface area contributed by atoms with E-state index >= 15 is 0 Å². The molecule has 0 spiro atoms. The van der Waals surface area contributed by atoms with Gasteiger partial charge in [0.15, 0.2) is 0 Å². The van der Waals surface area contributed by atoms with Crippen LogP contribution < -0.4 is 9.47 Å². The van der Waals surface area contributed by atoms with Crippen LogP contribution in [0.4, 0.5) is 0 Å². The Morgan fingerprint density at radius 3 is 2.32 bits per heavy atom. The van der Waals surface area contributed by atoms with Crippen LogP contribution in [-0.2, 0) is 0 Å². The third kappa shape index (κ3) is 3.46. The Balaban J connectivity index is 2.20. The van der Waals surface area contributed by atoms with E-state index in [9.17, 15) is 5.26 Å². The highest BCUT2D eigenvalue weighted by atomic mass is 16.5. The predicted octanol–water partition coefficient (Wildman–Crippen LogP) is 4.69. The molecule has 0 radical (unpaired) electrons. The van der Waals surface area contributed by atoms with Gasteiger partial charge in [-0.15, -0.1) is 0 Å². The monoisotopic (exact) mass is 330 g/mol. The number of ether oxygens (including phenoxy) is 2. The zero-order valence-electron chi connectivity index (χ0n) is 14.2. The Labute approximate surface area is 147 Å². The molecule has 4 nitrogen and oxygen atoms in total. The van der Waals surface area contributed by atoms with E-state index in [1.807, 2.05) is 67.6 Å². The number of rotatable bonds is 5. The summed E-state index contributed by atoms with van der Waals surface area (Å²) in [5.74, 6) is 1.13. The van der Waals surface area contributed by atoms with Crippen LogP contribution in [0.15, 0.2) is 60.7 Å². The van der Waals surface area contributed by atoms with E-state index in [1.165, 1.54) is 0 Å². The molecule has 0 fully saturated rings. The van der Waals surface area contributed by atoms with Gasteiger partial charge in [-0.3, -0.25) is 0 Å². The zero-order valence-corrected chi connectivity index (χ0v) is 14.2. The molecule has 124 valence electrons. The second-order valence-electron chi connectivity index (χ2n) is 5.37. The Morgan fingerprint density at radius 1 is 1.00 bits per heavy atom. The van der Waals surface area contributed by atoms with Crippen LogP contribution in [0.2, 0.25) is 0 Å². The Morgan fingerprint density at radius 2 is 1.72 bits per heavy atom. The van der Waals surface area contributed by atoms with Crippen molar-refractivity contribution in [3.63, 3.8) is 0 Å². The Hall–Kier alpha value is -3.32. The van der Waals surface area contributed by atoms with E-state index < -0.39 is 0 Å². The third-order valence-corrected chi connectivity index (χ3v) is 3.85. The van der Waals surface area contributed by atoms with Gasteiger partial charge in [0.2, 0.25) is 5.88 Å². The van der Waals surface area contributed by atoms with Crippen molar-refractivity contribution in [2.45, 2.75) is 6.92 Å². The van der Waals surface area contributed by atoms with Gasteiger partial charge in [-0.25, -0.2) is 4.98 Å². The van der Waals surface area contributed by atoms with Crippen molar-refractivity contribution >= 4 is 0 Å². The quantitative estimate of drug-likeness (QED) is 0.681. The summed E-state index contributed by atoms with van der Waals surface area (Å²) in [4.78, 5) is 4.55. The normalized spacial score (nSPS) is 10.1. The van der Waals surface area contributed by atoms with Crippen molar-refractivity contribution in [3.8, 4) is 40.1 Å². The number of aromatic nitrogens is 1. The Kier molecular flexibility index (Phi) is 4.96. The van der Waals surface area contributed by atoms with Crippen LogP contribution >= 0.6 is 0 Å². The van der Waals surface area contributed by atoms with Crippen molar-refractivity contribution in [1.29, 1.82) is 5.26 Å². The number of pyridine rings is 1. The van der Waals surface area contributed by atoms with E-state index in [-0.39, 0.29) is 0 Å². The summed E-state index contributed by atoms with van der Waals surface area (Å²) in [6, 6.07) is 21.6. The van der Waals surface area contributed by atoms with Crippen molar-refractivity contribution in [3.05, 3.63) is 66.2 Å². The minimum Gasteiger partial charge on any atom is -0.497 e. The highest BCUT2D eigenvalue weighted by Crippen LogP contribution is 2.34. The van der Waals surface area contributed by atoms with Gasteiger partial charge in [-0.2, -0.15) is 5.26 Å². The maximum absolute atomic E-state index is 9.65. The molecule has 1 heterocycles. The SMILES string of the molecule is CCOc1nc(-c2ccccc2)cc(-c2ccc(OC)cc2)c1C#N. The largest absolute Gasteiger partial charge is 0.497 e. The first-order chi connectivity index (χ1) is 12.3. The molecule has 0 bridgehead atoms. The van der Waals surface area contributed by atoms with Crippen LogP contribution in [0.5, 0.6) is 11.6 Å². The summed E-state index contributed by atoms with van der Waals surface area (Å²) in [5, 5.41) is 9.65. The van der Waals surface area contributed by atoms with Crippen LogP contribution in [0, 0.1) is 11.3 Å². The van der Waals surface area contributed by atoms with Crippen molar-refractivity contribution in [2.75, 3.05) is 13.7 Å². The van der Waals surface area contributed by atoms with Gasteiger partial charge < -0.3 is 9.47 Å². The predicted molar refractivity (Wildman–Crippen MR) is 97.5 cm³/mol. The molecule has 25 heavy (non-hydrogen) atoms. The average Bonchev–Trinajstić information content (AvgIpc) is 2.68. The summed E-state index contributed by atoms with van der Waals surface area (Å²) >= 11 is 0. The molecule has 0 atom stereocenters. The molecule has 0 aliphatic carbocycles. The molecule has 0 aliphatic heterocycles. The van der Waals surface area contributed by atoms with Gasteiger partial charge >= 0.3 is 0 Å². The molecule has 3 aromatic rings. The van der Waals surface area contributed by atoms with Crippen LogP contribution in [0.1, 0.15) is 12.5 Å². The minimum atomic E-state index is 0.358. The van der Waals surface area contributed by atoms with Gasteiger partial charge in [-0.05, 0) is 30.7 Å². The summed E-state index contributed by atoms with van der Waals surface area (Å²) in [6.07, 6.45) is 0. The first-order valence-corrected chi connectivity index (χ1v) is 8.04. The van der Waals surface area contributed by atoms with Gasteiger partial charge in [0, 0.05) is 11.1 Å². The molecule has 0 unspecified atom stereocenters. The molecule has 0 saturated carbocycles. The van der Waals surface area contributed by atoms with E-state index in [4.69, 9.17) is 9.47 Å². The number of benzene rings is 2. The summed E-state index contributed by atoms with van der Waals surface area (Å²) in [5.41, 5.74) is 3.89. The molecule has 0 N–H and O–H groups in total. The van der Waals surface area contributed by atoms with Gasteiger partial charge in [0.25, 0.3) is 0 Å². The number of nitriles is 1. The van der Waals surface area contributed by atoms with Crippen LogP contribution in [0.25, 0.3) is 22.4 Å².